The van der Waals surface area contributed by atoms with Crippen LogP contribution in [0.3, 0.4) is 0 Å². The van der Waals surface area contributed by atoms with E-state index in [9.17, 15) is 9.59 Å². The molecule has 158 valence electrons. The van der Waals surface area contributed by atoms with Gasteiger partial charge in [0.25, 0.3) is 0 Å². The van der Waals surface area contributed by atoms with Crippen LogP contribution in [0.25, 0.3) is 0 Å². The first-order chi connectivity index (χ1) is 14.1. The number of nitrogens with zero attached hydrogens (tertiary/aromatic N) is 3. The molecule has 0 aromatic heterocycles. The molecule has 7 nitrogen and oxygen atoms in total. The van der Waals surface area contributed by atoms with Crippen LogP contribution in [0.5, 0.6) is 5.75 Å². The van der Waals surface area contributed by atoms with Gasteiger partial charge in [0, 0.05) is 44.3 Å². The predicted molar refractivity (Wildman–Crippen MR) is 110 cm³/mol. The van der Waals surface area contributed by atoms with Gasteiger partial charge in [0.05, 0.1) is 25.8 Å². The van der Waals surface area contributed by atoms with E-state index in [1.165, 1.54) is 0 Å². The summed E-state index contributed by atoms with van der Waals surface area (Å²) in [4.78, 5) is 31.0. The van der Waals surface area contributed by atoms with Crippen LogP contribution >= 0.6 is 0 Å². The third-order valence-electron chi connectivity index (χ3n) is 6.53. The molecule has 4 rings (SSSR count). The standard InChI is InChI=1S/C22H31N3O4/c1-3-29-22(27)24-12-6-17(7-13-24)23-10-8-18(9-11-23)25-20-15-19(28-2)5-4-16(20)14-21(25)26/h4-5,15,17-18H,3,6-14H2,1-2H3. The first-order valence-corrected chi connectivity index (χ1v) is 10.8. The summed E-state index contributed by atoms with van der Waals surface area (Å²) >= 11 is 0. The van der Waals surface area contributed by atoms with E-state index in [-0.39, 0.29) is 18.0 Å². The number of amides is 2. The van der Waals surface area contributed by atoms with E-state index in [2.05, 4.69) is 4.90 Å². The zero-order chi connectivity index (χ0) is 20.4. The smallest absolute Gasteiger partial charge is 0.409 e. The van der Waals surface area contributed by atoms with Gasteiger partial charge in [-0.2, -0.15) is 0 Å². The van der Waals surface area contributed by atoms with E-state index >= 15 is 0 Å². The number of ether oxygens (including phenoxy) is 2. The van der Waals surface area contributed by atoms with Crippen molar-refractivity contribution in [3.8, 4) is 5.75 Å². The molecule has 0 bridgehead atoms. The van der Waals surface area contributed by atoms with E-state index in [0.717, 1.165) is 68.9 Å². The van der Waals surface area contributed by atoms with Crippen LogP contribution in [0.15, 0.2) is 18.2 Å². The van der Waals surface area contributed by atoms with Crippen molar-refractivity contribution in [2.45, 2.75) is 51.1 Å². The number of carbonyl (C=O) groups excluding carboxylic acids is 2. The number of piperidine rings is 2. The van der Waals surface area contributed by atoms with Gasteiger partial charge in [-0.3, -0.25) is 4.79 Å². The lowest BCUT2D eigenvalue weighted by molar-refractivity contribution is -0.118. The Morgan fingerprint density at radius 3 is 2.41 bits per heavy atom. The van der Waals surface area contributed by atoms with Gasteiger partial charge < -0.3 is 24.2 Å². The fraction of sp³-hybridized carbons (Fsp3) is 0.636. The molecule has 2 amide bonds. The van der Waals surface area contributed by atoms with E-state index in [1.54, 1.807) is 7.11 Å². The number of hydrogen-bond acceptors (Lipinski definition) is 5. The van der Waals surface area contributed by atoms with Crippen molar-refractivity contribution in [1.82, 2.24) is 9.80 Å². The van der Waals surface area contributed by atoms with Crippen molar-refractivity contribution >= 4 is 17.7 Å². The van der Waals surface area contributed by atoms with Gasteiger partial charge in [-0.25, -0.2) is 4.79 Å². The molecule has 0 saturated carbocycles. The third kappa shape index (κ3) is 4.06. The van der Waals surface area contributed by atoms with Crippen molar-refractivity contribution in [2.75, 3.05) is 44.8 Å². The van der Waals surface area contributed by atoms with Crippen LogP contribution in [0, 0.1) is 0 Å². The average Bonchev–Trinajstić information content (AvgIpc) is 3.09. The molecule has 0 spiro atoms. The first kappa shape index (κ1) is 20.0. The molecule has 0 N–H and O–H groups in total. The Kier molecular flexibility index (Phi) is 5.94. The Morgan fingerprint density at radius 1 is 1.07 bits per heavy atom. The van der Waals surface area contributed by atoms with Gasteiger partial charge in [-0.15, -0.1) is 0 Å². The molecule has 0 aliphatic carbocycles. The Labute approximate surface area is 172 Å². The molecular formula is C22H31N3O4. The molecule has 7 heteroatoms. The lowest BCUT2D eigenvalue weighted by Gasteiger charge is -2.43. The van der Waals surface area contributed by atoms with Crippen LogP contribution in [0.1, 0.15) is 38.2 Å². The molecular weight excluding hydrogens is 370 g/mol. The van der Waals surface area contributed by atoms with E-state index in [1.807, 2.05) is 34.9 Å². The Balaban J connectivity index is 1.33. The number of rotatable bonds is 4. The Bertz CT molecular complexity index is 752. The van der Waals surface area contributed by atoms with Gasteiger partial charge in [0.1, 0.15) is 5.75 Å². The molecule has 3 aliphatic heterocycles. The van der Waals surface area contributed by atoms with Crippen molar-refractivity contribution in [3.63, 3.8) is 0 Å². The summed E-state index contributed by atoms with van der Waals surface area (Å²) in [6, 6.07) is 6.71. The molecule has 3 aliphatic rings. The summed E-state index contributed by atoms with van der Waals surface area (Å²) in [5.41, 5.74) is 2.13. The highest BCUT2D eigenvalue weighted by Crippen LogP contribution is 2.36. The topological polar surface area (TPSA) is 62.3 Å². The molecule has 2 fully saturated rings. The van der Waals surface area contributed by atoms with Gasteiger partial charge in [0.15, 0.2) is 0 Å². The normalized spacial score (nSPS) is 21.4. The summed E-state index contributed by atoms with van der Waals surface area (Å²) in [6.45, 7) is 5.79. The fourth-order valence-corrected chi connectivity index (χ4v) is 4.96. The van der Waals surface area contributed by atoms with E-state index in [0.29, 0.717) is 19.1 Å². The molecule has 29 heavy (non-hydrogen) atoms. The largest absolute Gasteiger partial charge is 0.497 e. The van der Waals surface area contributed by atoms with Crippen LogP contribution in [-0.4, -0.2) is 73.8 Å². The second kappa shape index (κ2) is 8.61. The molecule has 2 saturated heterocycles. The average molecular weight is 402 g/mol. The van der Waals surface area contributed by atoms with Crippen LogP contribution in [0.4, 0.5) is 10.5 Å². The van der Waals surface area contributed by atoms with Crippen molar-refractivity contribution in [1.29, 1.82) is 0 Å². The van der Waals surface area contributed by atoms with Gasteiger partial charge in [-0.05, 0) is 44.2 Å². The van der Waals surface area contributed by atoms with Crippen molar-refractivity contribution in [3.05, 3.63) is 23.8 Å². The van der Waals surface area contributed by atoms with E-state index in [4.69, 9.17) is 9.47 Å². The number of methoxy groups -OCH3 is 1. The molecule has 1 aromatic carbocycles. The van der Waals surface area contributed by atoms with Crippen LogP contribution in [-0.2, 0) is 16.0 Å². The minimum atomic E-state index is -0.189. The van der Waals surface area contributed by atoms with Crippen molar-refractivity contribution < 1.29 is 19.1 Å². The SMILES string of the molecule is CCOC(=O)N1CCC(N2CCC(N3C(=O)Cc4ccc(OC)cc43)CC2)CC1. The summed E-state index contributed by atoms with van der Waals surface area (Å²) in [5, 5.41) is 0. The zero-order valence-electron chi connectivity index (χ0n) is 17.4. The van der Waals surface area contributed by atoms with E-state index < -0.39 is 0 Å². The zero-order valence-corrected chi connectivity index (χ0v) is 17.4. The maximum absolute atomic E-state index is 12.7. The highest BCUT2D eigenvalue weighted by atomic mass is 16.6. The first-order valence-electron chi connectivity index (χ1n) is 10.8. The predicted octanol–water partition coefficient (Wildman–Crippen LogP) is 2.67. The molecule has 0 radical (unpaired) electrons. The molecule has 3 heterocycles. The Hall–Kier alpha value is -2.28. The highest BCUT2D eigenvalue weighted by molar-refractivity contribution is 6.02. The maximum atomic E-state index is 12.7. The lowest BCUT2D eigenvalue weighted by Crippen LogP contribution is -2.52. The number of hydrogen-bond donors (Lipinski definition) is 0. The molecule has 1 aromatic rings. The molecule has 0 atom stereocenters. The van der Waals surface area contributed by atoms with Crippen LogP contribution < -0.4 is 9.64 Å². The quantitative estimate of drug-likeness (QED) is 0.776. The third-order valence-corrected chi connectivity index (χ3v) is 6.53. The minimum Gasteiger partial charge on any atom is -0.497 e. The number of likely N-dealkylation sites (tertiary alicyclic amines) is 2. The van der Waals surface area contributed by atoms with Crippen molar-refractivity contribution in [2.24, 2.45) is 0 Å². The lowest BCUT2D eigenvalue weighted by atomic mass is 9.97. The summed E-state index contributed by atoms with van der Waals surface area (Å²) in [7, 11) is 1.66. The second-order valence-electron chi connectivity index (χ2n) is 8.12. The summed E-state index contributed by atoms with van der Waals surface area (Å²) in [5.74, 6) is 1.00. The Morgan fingerprint density at radius 2 is 1.76 bits per heavy atom. The monoisotopic (exact) mass is 401 g/mol. The fourth-order valence-electron chi connectivity index (χ4n) is 4.96. The maximum Gasteiger partial charge on any atom is 0.409 e. The minimum absolute atomic E-state index is 0.189. The van der Waals surface area contributed by atoms with Gasteiger partial charge in [0.2, 0.25) is 5.91 Å². The number of carbonyl (C=O) groups is 2. The summed E-state index contributed by atoms with van der Waals surface area (Å²) < 4.78 is 10.5. The molecule has 0 unspecified atom stereocenters. The van der Waals surface area contributed by atoms with Crippen LogP contribution in [0.2, 0.25) is 0 Å². The number of anilines is 1. The highest BCUT2D eigenvalue weighted by Gasteiger charge is 2.37. The number of benzene rings is 1. The second-order valence-corrected chi connectivity index (χ2v) is 8.12. The van der Waals surface area contributed by atoms with Gasteiger partial charge in [-0.1, -0.05) is 6.07 Å². The number of fused-ring (bicyclic) bond motifs is 1. The summed E-state index contributed by atoms with van der Waals surface area (Å²) in [6.07, 6.45) is 4.26. The van der Waals surface area contributed by atoms with Gasteiger partial charge >= 0.3 is 6.09 Å².